The maximum atomic E-state index is 2.78. The summed E-state index contributed by atoms with van der Waals surface area (Å²) < 4.78 is 6.46. The zero-order valence-electron chi connectivity index (χ0n) is 55.3. The van der Waals surface area contributed by atoms with Crippen LogP contribution >= 0.6 is 45.3 Å². The monoisotopic (exact) mass is 1420 g/mol. The van der Waals surface area contributed by atoms with Gasteiger partial charge in [0.1, 0.15) is 0 Å². The van der Waals surface area contributed by atoms with E-state index in [4.69, 9.17) is 0 Å². The van der Waals surface area contributed by atoms with E-state index in [1.165, 1.54) is 157 Å². The van der Waals surface area contributed by atoms with E-state index >= 15 is 0 Å². The van der Waals surface area contributed by atoms with Crippen LogP contribution in [0.15, 0.2) is 109 Å². The Balaban J connectivity index is 1.26. The molecule has 4 heterocycles. The van der Waals surface area contributed by atoms with Gasteiger partial charge in [0.05, 0.1) is 0 Å². The van der Waals surface area contributed by atoms with Gasteiger partial charge in [-0.05, 0) is 0 Å². The standard InChI is InChI=1S/C73H88S4.6CH3.2Sn/c1-10-18-22-50(14-5)46-53-26-34-58(35-27-53)72(59-36-28-54(29-37-59)47-51(15-6)23-19-11-2)62-42-44-74-66(62)68-64(72)70-71(76-68)65-69(77-70)67-63(43-45-75-67)73(65,60-38-30-55(31-39-60)48-52(16-7)24-20-12-3)61-40-32-57(33-41-61)49(9)56(17-8)25-21-13-4;;;;;;;;/h26-43,49-52,56H,10-25,46-48H2,1-9H3;6*1H3;;. The summed E-state index contributed by atoms with van der Waals surface area (Å²) in [7, 11) is 0. The van der Waals surface area contributed by atoms with Crippen molar-refractivity contribution in [2.45, 2.75) is 231 Å². The molecule has 6 atom stereocenters. The van der Waals surface area contributed by atoms with Gasteiger partial charge in [0.25, 0.3) is 0 Å². The quantitative estimate of drug-likeness (QED) is 0.0394. The molecule has 454 valence electrons. The first-order valence-corrected chi connectivity index (χ1v) is 57.5. The average molecular weight is 1420 g/mol. The molecule has 10 rings (SSSR count). The minimum atomic E-state index is -2.62. The van der Waals surface area contributed by atoms with Gasteiger partial charge in [-0.2, -0.15) is 0 Å². The van der Waals surface area contributed by atoms with Crippen LogP contribution in [0.2, 0.25) is 29.6 Å². The molecular weight excluding hydrogens is 1310 g/mol. The van der Waals surface area contributed by atoms with Crippen molar-refractivity contribution < 1.29 is 0 Å². The van der Waals surface area contributed by atoms with Crippen molar-refractivity contribution in [2.24, 2.45) is 23.7 Å². The van der Waals surface area contributed by atoms with Crippen molar-refractivity contribution >= 4 is 97.3 Å². The molecule has 4 aromatic carbocycles. The number of benzene rings is 4. The number of rotatable bonds is 30. The molecule has 0 amide bonds. The van der Waals surface area contributed by atoms with E-state index in [9.17, 15) is 0 Å². The molecule has 0 saturated carbocycles. The predicted octanol–water partition coefficient (Wildman–Crippen LogP) is 24.5. The average Bonchev–Trinajstić information content (AvgIpc) is 1.98. The van der Waals surface area contributed by atoms with Gasteiger partial charge in [-0.15, -0.1) is 0 Å². The first-order valence-electron chi connectivity index (χ1n) is 34.2. The van der Waals surface area contributed by atoms with E-state index in [1.807, 2.05) is 0 Å². The zero-order chi connectivity index (χ0) is 60.4. The fourth-order valence-electron chi connectivity index (χ4n) is 15.2. The summed E-state index contributed by atoms with van der Waals surface area (Å²) in [6, 6.07) is 47.0. The first kappa shape index (κ1) is 65.5. The van der Waals surface area contributed by atoms with Crippen LogP contribution in [0.3, 0.4) is 0 Å². The Kier molecular flexibility index (Phi) is 21.5. The topological polar surface area (TPSA) is 0 Å². The van der Waals surface area contributed by atoms with E-state index in [0.29, 0.717) is 11.8 Å². The van der Waals surface area contributed by atoms with Gasteiger partial charge >= 0.3 is 494 Å². The molecule has 0 aliphatic heterocycles. The minimum absolute atomic E-state index is 0.447. The summed E-state index contributed by atoms with van der Waals surface area (Å²) >= 11 is 3.51. The van der Waals surface area contributed by atoms with Crippen LogP contribution in [0, 0.1) is 23.7 Å². The van der Waals surface area contributed by atoms with Gasteiger partial charge < -0.3 is 0 Å². The van der Waals surface area contributed by atoms with E-state index in [2.05, 4.69) is 246 Å². The molecule has 2 aliphatic carbocycles. The molecule has 0 saturated heterocycles. The SMILES string of the molecule is CCCCC(CC)Cc1ccc(C2(c3ccc(CC(CC)CCCC)cc3)c3c[c]([Sn]([CH3])([CH3])[CH3])sc3-c3sc4c5c(sc4c32)-c2s[c]([Sn]([CH3])([CH3])[CH3])cc2C5(c2ccc(CC(CC)CCCC)cc2)c2ccc(C(C)C(CC)CCCC)cc2)cc1. The van der Waals surface area contributed by atoms with Crippen LogP contribution < -0.4 is 5.79 Å². The summed E-state index contributed by atoms with van der Waals surface area (Å²) in [5.74, 6) is 3.39. The Labute approximate surface area is 541 Å². The van der Waals surface area contributed by atoms with Crippen LogP contribution in [-0.4, -0.2) is 36.8 Å². The molecule has 2 aliphatic rings. The molecule has 0 N–H and O–H groups in total. The molecule has 8 aromatic rings. The summed E-state index contributed by atoms with van der Waals surface area (Å²) in [5.41, 5.74) is 17.1. The zero-order valence-corrected chi connectivity index (χ0v) is 64.3. The Bertz CT molecular complexity index is 3390. The van der Waals surface area contributed by atoms with Crippen LogP contribution in [0.5, 0.6) is 0 Å². The Morgan fingerprint density at radius 3 is 0.988 bits per heavy atom. The Hall–Kier alpha value is -2.46. The fraction of sp³-hybridized carbons (Fsp3) is 0.519. The second-order valence-electron chi connectivity index (χ2n) is 28.7. The molecule has 4 aromatic heterocycles. The number of fused-ring (bicyclic) bond motifs is 9. The van der Waals surface area contributed by atoms with Crippen LogP contribution in [0.25, 0.3) is 28.9 Å². The van der Waals surface area contributed by atoms with E-state index in [-0.39, 0.29) is 0 Å². The molecule has 0 radical (unpaired) electrons. The van der Waals surface area contributed by atoms with Gasteiger partial charge in [0.15, 0.2) is 0 Å². The van der Waals surface area contributed by atoms with Gasteiger partial charge in [-0.3, -0.25) is 0 Å². The summed E-state index contributed by atoms with van der Waals surface area (Å²) in [6.07, 6.45) is 24.0. The maximum absolute atomic E-state index is 2.78. The third-order valence-electron chi connectivity index (χ3n) is 20.8. The number of unbranched alkanes of at least 4 members (excludes halogenated alkanes) is 4. The summed E-state index contributed by atoms with van der Waals surface area (Å²) in [6.45, 7) is 21.6. The first-order chi connectivity index (χ1) is 40.9. The molecule has 0 fully saturated rings. The van der Waals surface area contributed by atoms with Gasteiger partial charge in [0.2, 0.25) is 0 Å². The molecule has 0 nitrogen and oxygen atoms in total. The molecule has 6 unspecified atom stereocenters. The van der Waals surface area contributed by atoms with Crippen molar-refractivity contribution in [1.29, 1.82) is 0 Å². The Morgan fingerprint density at radius 2 is 0.694 bits per heavy atom. The van der Waals surface area contributed by atoms with Crippen molar-refractivity contribution in [1.82, 2.24) is 0 Å². The third kappa shape index (κ3) is 12.7. The second kappa shape index (κ2) is 28.0. The van der Waals surface area contributed by atoms with Gasteiger partial charge in [-0.1, -0.05) is 53.4 Å². The third-order valence-corrected chi connectivity index (χ3v) is 44.8. The molecule has 0 bridgehead atoms. The summed E-state index contributed by atoms with van der Waals surface area (Å²) in [5, 5.41) is 0. The molecule has 85 heavy (non-hydrogen) atoms. The van der Waals surface area contributed by atoms with E-state index in [1.54, 1.807) is 47.5 Å². The van der Waals surface area contributed by atoms with Crippen molar-refractivity contribution in [3.63, 3.8) is 0 Å². The molecule has 6 heteroatoms. The normalized spacial score (nSPS) is 18.3. The van der Waals surface area contributed by atoms with Crippen molar-refractivity contribution in [3.8, 4) is 19.5 Å². The fourth-order valence-corrected chi connectivity index (χ4v) is 31.5. The van der Waals surface area contributed by atoms with Crippen molar-refractivity contribution in [3.05, 3.63) is 176 Å². The number of hydrogen-bond donors (Lipinski definition) is 0. The number of hydrogen-bond acceptors (Lipinski definition) is 4. The van der Waals surface area contributed by atoms with Crippen LogP contribution in [0.4, 0.5) is 0 Å². The van der Waals surface area contributed by atoms with Gasteiger partial charge in [0, 0.05) is 0 Å². The van der Waals surface area contributed by atoms with Crippen LogP contribution in [0.1, 0.15) is 238 Å². The summed E-state index contributed by atoms with van der Waals surface area (Å²) in [4.78, 5) is 22.1. The Morgan fingerprint density at radius 1 is 0.376 bits per heavy atom. The number of thiophene rings is 4. The van der Waals surface area contributed by atoms with E-state index < -0.39 is 47.6 Å². The van der Waals surface area contributed by atoms with Crippen molar-refractivity contribution in [2.75, 3.05) is 0 Å². The van der Waals surface area contributed by atoms with Crippen LogP contribution in [-0.2, 0) is 30.1 Å². The molecular formula is C79H106S4Sn2. The van der Waals surface area contributed by atoms with Gasteiger partial charge in [-0.25, -0.2) is 0 Å². The predicted molar refractivity (Wildman–Crippen MR) is 389 cm³/mol. The molecule has 0 spiro atoms. The van der Waals surface area contributed by atoms with E-state index in [0.717, 1.165) is 37.0 Å². The second-order valence-corrected chi connectivity index (χ2v) is 63.6.